The van der Waals surface area contributed by atoms with E-state index in [4.69, 9.17) is 9.15 Å². The Balaban J connectivity index is 1.73. The summed E-state index contributed by atoms with van der Waals surface area (Å²) in [6.07, 6.45) is 2.67. The predicted octanol–water partition coefficient (Wildman–Crippen LogP) is 4.51. The van der Waals surface area contributed by atoms with E-state index in [0.29, 0.717) is 25.9 Å². The zero-order chi connectivity index (χ0) is 17.5. The third-order valence-corrected chi connectivity index (χ3v) is 4.86. The molecular formula is C20H21NO3S. The number of para-hydroxylation sites is 1. The molecule has 2 heterocycles. The van der Waals surface area contributed by atoms with Crippen LogP contribution >= 0.6 is 11.3 Å². The summed E-state index contributed by atoms with van der Waals surface area (Å²) in [6, 6.07) is 15.6. The van der Waals surface area contributed by atoms with Crippen LogP contribution in [0.2, 0.25) is 0 Å². The van der Waals surface area contributed by atoms with E-state index in [2.05, 4.69) is 6.07 Å². The Hall–Kier alpha value is -2.53. The topological polar surface area (TPSA) is 42.7 Å². The van der Waals surface area contributed by atoms with Crippen molar-refractivity contribution in [1.82, 2.24) is 4.90 Å². The fourth-order valence-corrected chi connectivity index (χ4v) is 3.42. The summed E-state index contributed by atoms with van der Waals surface area (Å²) < 4.78 is 10.8. The highest BCUT2D eigenvalue weighted by molar-refractivity contribution is 7.09. The number of carbonyl (C=O) groups excluding carboxylic acids is 1. The van der Waals surface area contributed by atoms with E-state index in [1.807, 2.05) is 52.7 Å². The van der Waals surface area contributed by atoms with Crippen LogP contribution < -0.4 is 4.74 Å². The van der Waals surface area contributed by atoms with Crippen LogP contribution in [-0.2, 0) is 24.3 Å². The van der Waals surface area contributed by atoms with E-state index in [-0.39, 0.29) is 5.91 Å². The second kappa shape index (κ2) is 8.53. The average Bonchev–Trinajstić information content (AvgIpc) is 3.33. The Morgan fingerprint density at radius 1 is 1.12 bits per heavy atom. The van der Waals surface area contributed by atoms with Gasteiger partial charge in [0.05, 0.1) is 19.9 Å². The van der Waals surface area contributed by atoms with Gasteiger partial charge in [-0.15, -0.1) is 11.3 Å². The molecule has 5 heteroatoms. The Bertz CT molecular complexity index is 781. The van der Waals surface area contributed by atoms with Crippen LogP contribution in [0.25, 0.3) is 0 Å². The first kappa shape index (κ1) is 17.3. The Labute approximate surface area is 151 Å². The fourth-order valence-electron chi connectivity index (χ4n) is 2.71. The molecule has 0 saturated heterocycles. The number of hydrogen-bond acceptors (Lipinski definition) is 4. The van der Waals surface area contributed by atoms with E-state index in [1.54, 1.807) is 24.7 Å². The van der Waals surface area contributed by atoms with Gasteiger partial charge in [-0.1, -0.05) is 24.3 Å². The number of rotatable bonds is 8. The first-order valence-electron chi connectivity index (χ1n) is 8.20. The van der Waals surface area contributed by atoms with Gasteiger partial charge in [0.25, 0.3) is 0 Å². The van der Waals surface area contributed by atoms with Crippen molar-refractivity contribution in [2.75, 3.05) is 7.11 Å². The van der Waals surface area contributed by atoms with Gasteiger partial charge in [0, 0.05) is 29.8 Å². The van der Waals surface area contributed by atoms with Crippen LogP contribution in [0.4, 0.5) is 0 Å². The molecule has 1 amide bonds. The molecule has 3 rings (SSSR count). The summed E-state index contributed by atoms with van der Waals surface area (Å²) in [5.41, 5.74) is 1.01. The maximum atomic E-state index is 12.8. The lowest BCUT2D eigenvalue weighted by atomic mass is 10.1. The summed E-state index contributed by atoms with van der Waals surface area (Å²) in [5.74, 6) is 1.75. The molecule has 0 aliphatic heterocycles. The SMILES string of the molecule is COc1ccccc1CN(Cc1cccs1)C(=O)CCc1ccco1. The van der Waals surface area contributed by atoms with Gasteiger partial charge in [-0.2, -0.15) is 0 Å². The van der Waals surface area contributed by atoms with Crippen molar-refractivity contribution in [3.8, 4) is 5.75 Å². The Morgan fingerprint density at radius 2 is 2.00 bits per heavy atom. The highest BCUT2D eigenvalue weighted by Crippen LogP contribution is 2.22. The molecule has 0 N–H and O–H groups in total. The number of furan rings is 1. The minimum absolute atomic E-state index is 0.107. The van der Waals surface area contributed by atoms with Crippen molar-refractivity contribution in [2.45, 2.75) is 25.9 Å². The first-order chi connectivity index (χ1) is 12.3. The Morgan fingerprint density at radius 3 is 2.72 bits per heavy atom. The van der Waals surface area contributed by atoms with Crippen LogP contribution in [-0.4, -0.2) is 17.9 Å². The number of aryl methyl sites for hydroxylation is 1. The molecule has 2 aromatic heterocycles. The molecule has 0 radical (unpaired) electrons. The number of benzene rings is 1. The molecule has 0 aliphatic rings. The van der Waals surface area contributed by atoms with Crippen LogP contribution in [0.5, 0.6) is 5.75 Å². The van der Waals surface area contributed by atoms with E-state index in [9.17, 15) is 4.79 Å². The van der Waals surface area contributed by atoms with Crippen molar-refractivity contribution in [1.29, 1.82) is 0 Å². The van der Waals surface area contributed by atoms with Gasteiger partial charge in [0.15, 0.2) is 0 Å². The summed E-state index contributed by atoms with van der Waals surface area (Å²) in [6.45, 7) is 1.13. The maximum Gasteiger partial charge on any atom is 0.223 e. The third-order valence-electron chi connectivity index (χ3n) is 4.00. The van der Waals surface area contributed by atoms with Gasteiger partial charge in [0.2, 0.25) is 5.91 Å². The third kappa shape index (κ3) is 4.73. The smallest absolute Gasteiger partial charge is 0.223 e. The summed E-state index contributed by atoms with van der Waals surface area (Å²) in [5, 5.41) is 2.03. The number of carbonyl (C=O) groups is 1. The molecule has 0 fully saturated rings. The molecular weight excluding hydrogens is 334 g/mol. The van der Waals surface area contributed by atoms with E-state index in [0.717, 1.165) is 17.1 Å². The van der Waals surface area contributed by atoms with Gasteiger partial charge < -0.3 is 14.1 Å². The quantitative estimate of drug-likeness (QED) is 0.597. The van der Waals surface area contributed by atoms with E-state index in [1.165, 1.54) is 4.88 Å². The van der Waals surface area contributed by atoms with Crippen LogP contribution in [0, 0.1) is 0 Å². The van der Waals surface area contributed by atoms with Crippen LogP contribution in [0.3, 0.4) is 0 Å². The van der Waals surface area contributed by atoms with Crippen molar-refractivity contribution in [3.63, 3.8) is 0 Å². The molecule has 0 saturated carbocycles. The zero-order valence-corrected chi connectivity index (χ0v) is 15.0. The van der Waals surface area contributed by atoms with E-state index < -0.39 is 0 Å². The molecule has 130 valence electrons. The normalized spacial score (nSPS) is 10.6. The molecule has 0 bridgehead atoms. The lowest BCUT2D eigenvalue weighted by Crippen LogP contribution is -2.30. The fraction of sp³-hybridized carbons (Fsp3) is 0.250. The molecule has 4 nitrogen and oxygen atoms in total. The van der Waals surface area contributed by atoms with Gasteiger partial charge in [-0.05, 0) is 29.6 Å². The predicted molar refractivity (Wildman–Crippen MR) is 98.6 cm³/mol. The van der Waals surface area contributed by atoms with Gasteiger partial charge in [-0.25, -0.2) is 0 Å². The molecule has 3 aromatic rings. The summed E-state index contributed by atoms with van der Waals surface area (Å²) in [4.78, 5) is 15.9. The number of thiophene rings is 1. The van der Waals surface area contributed by atoms with Gasteiger partial charge >= 0.3 is 0 Å². The van der Waals surface area contributed by atoms with Crippen LogP contribution in [0.15, 0.2) is 64.6 Å². The lowest BCUT2D eigenvalue weighted by molar-refractivity contribution is -0.132. The summed E-state index contributed by atoms with van der Waals surface area (Å²) >= 11 is 1.66. The molecule has 0 unspecified atom stereocenters. The first-order valence-corrected chi connectivity index (χ1v) is 9.08. The molecule has 25 heavy (non-hydrogen) atoms. The van der Waals surface area contributed by atoms with Crippen molar-refractivity contribution >= 4 is 17.2 Å². The zero-order valence-electron chi connectivity index (χ0n) is 14.2. The van der Waals surface area contributed by atoms with Gasteiger partial charge in [-0.3, -0.25) is 4.79 Å². The highest BCUT2D eigenvalue weighted by Gasteiger charge is 2.17. The number of nitrogens with zero attached hydrogens (tertiary/aromatic N) is 1. The number of methoxy groups -OCH3 is 1. The minimum Gasteiger partial charge on any atom is -0.496 e. The molecule has 0 aliphatic carbocycles. The lowest BCUT2D eigenvalue weighted by Gasteiger charge is -2.23. The number of ether oxygens (including phenoxy) is 1. The second-order valence-corrected chi connectivity index (χ2v) is 6.75. The largest absolute Gasteiger partial charge is 0.496 e. The average molecular weight is 355 g/mol. The molecule has 0 spiro atoms. The van der Waals surface area contributed by atoms with Crippen molar-refractivity contribution < 1.29 is 13.9 Å². The summed E-state index contributed by atoms with van der Waals surface area (Å²) in [7, 11) is 1.65. The minimum atomic E-state index is 0.107. The van der Waals surface area contributed by atoms with Crippen LogP contribution in [0.1, 0.15) is 22.6 Å². The second-order valence-electron chi connectivity index (χ2n) is 5.72. The maximum absolute atomic E-state index is 12.8. The molecule has 0 atom stereocenters. The highest BCUT2D eigenvalue weighted by atomic mass is 32.1. The van der Waals surface area contributed by atoms with E-state index >= 15 is 0 Å². The monoisotopic (exact) mass is 355 g/mol. The number of hydrogen-bond donors (Lipinski definition) is 0. The van der Waals surface area contributed by atoms with Gasteiger partial charge in [0.1, 0.15) is 11.5 Å². The van der Waals surface area contributed by atoms with Crippen molar-refractivity contribution in [2.24, 2.45) is 0 Å². The number of amides is 1. The molecule has 1 aromatic carbocycles. The van der Waals surface area contributed by atoms with Crippen molar-refractivity contribution in [3.05, 3.63) is 76.4 Å². The Kier molecular flexibility index (Phi) is 5.90. The standard InChI is InChI=1S/C20H21NO3S/c1-23-19-9-3-2-6-16(19)14-21(15-18-8-5-13-25-18)20(22)11-10-17-7-4-12-24-17/h2-9,12-13H,10-11,14-15H2,1H3.